The minimum absolute atomic E-state index is 0.0619. The maximum atomic E-state index is 13.1. The highest BCUT2D eigenvalue weighted by Gasteiger charge is 2.37. The van der Waals surface area contributed by atoms with Crippen molar-refractivity contribution in [2.75, 3.05) is 11.9 Å². The molecule has 2 heterocycles. The molecule has 0 saturated carbocycles. The van der Waals surface area contributed by atoms with Gasteiger partial charge in [0.05, 0.1) is 29.4 Å². The van der Waals surface area contributed by atoms with Crippen LogP contribution in [0.4, 0.5) is 18.9 Å². The van der Waals surface area contributed by atoms with Crippen molar-refractivity contribution < 1.29 is 22.8 Å². The van der Waals surface area contributed by atoms with Gasteiger partial charge in [-0.1, -0.05) is 17.7 Å². The van der Waals surface area contributed by atoms with Gasteiger partial charge in [-0.2, -0.15) is 13.2 Å². The van der Waals surface area contributed by atoms with E-state index >= 15 is 0 Å². The zero-order valence-electron chi connectivity index (χ0n) is 14.0. The Hall–Kier alpha value is -2.61. The van der Waals surface area contributed by atoms with E-state index in [2.05, 4.69) is 10.3 Å². The second-order valence-electron chi connectivity index (χ2n) is 6.17. The number of rotatable bonds is 4. The summed E-state index contributed by atoms with van der Waals surface area (Å²) in [6.07, 6.45) is -3.13. The predicted octanol–water partition coefficient (Wildman–Crippen LogP) is 3.74. The van der Waals surface area contributed by atoms with Crippen LogP contribution in [0.25, 0.3) is 0 Å². The lowest BCUT2D eigenvalue weighted by Crippen LogP contribution is -2.28. The van der Waals surface area contributed by atoms with Crippen molar-refractivity contribution in [2.24, 2.45) is 5.92 Å². The lowest BCUT2D eigenvalue weighted by Gasteiger charge is -2.17. The van der Waals surface area contributed by atoms with Crippen LogP contribution in [-0.4, -0.2) is 28.2 Å². The fourth-order valence-corrected chi connectivity index (χ4v) is 3.05. The molecule has 0 radical (unpaired) electrons. The number of alkyl halides is 3. The number of anilines is 1. The molecular weight excluding hydrogens is 383 g/mol. The number of pyridine rings is 1. The molecule has 1 unspecified atom stereocenters. The monoisotopic (exact) mass is 397 g/mol. The average molecular weight is 398 g/mol. The number of likely N-dealkylation sites (tertiary alicyclic amines) is 1. The lowest BCUT2D eigenvalue weighted by molar-refractivity contribution is -0.137. The van der Waals surface area contributed by atoms with E-state index < -0.39 is 23.6 Å². The van der Waals surface area contributed by atoms with E-state index in [1.807, 2.05) is 0 Å². The largest absolute Gasteiger partial charge is 0.418 e. The minimum atomic E-state index is -4.66. The molecule has 0 bridgehead atoms. The van der Waals surface area contributed by atoms with Gasteiger partial charge in [0.2, 0.25) is 11.8 Å². The molecule has 1 saturated heterocycles. The molecule has 1 aromatic carbocycles. The molecule has 0 aliphatic carbocycles. The van der Waals surface area contributed by atoms with E-state index in [4.69, 9.17) is 11.6 Å². The molecule has 1 aromatic heterocycles. The Morgan fingerprint density at radius 2 is 2.07 bits per heavy atom. The van der Waals surface area contributed by atoms with Crippen LogP contribution >= 0.6 is 11.6 Å². The molecule has 142 valence electrons. The van der Waals surface area contributed by atoms with Crippen molar-refractivity contribution in [3.63, 3.8) is 0 Å². The molecule has 9 heteroatoms. The summed E-state index contributed by atoms with van der Waals surface area (Å²) in [6, 6.07) is 8.40. The summed E-state index contributed by atoms with van der Waals surface area (Å²) in [6.45, 7) is 0.369. The zero-order valence-corrected chi connectivity index (χ0v) is 14.7. The first kappa shape index (κ1) is 19.2. The van der Waals surface area contributed by atoms with Crippen LogP contribution in [0.5, 0.6) is 0 Å². The summed E-state index contributed by atoms with van der Waals surface area (Å²) in [4.78, 5) is 30.2. The SMILES string of the molecule is O=C(Nc1ccc(Cl)cc1C(F)(F)F)C1CC(=O)N(Cc2ccccn2)C1. The van der Waals surface area contributed by atoms with Gasteiger partial charge in [-0.05, 0) is 30.3 Å². The van der Waals surface area contributed by atoms with E-state index in [9.17, 15) is 22.8 Å². The number of hydrogen-bond donors (Lipinski definition) is 1. The Morgan fingerprint density at radius 1 is 1.30 bits per heavy atom. The third kappa shape index (κ3) is 4.57. The maximum absolute atomic E-state index is 13.1. The van der Waals surface area contributed by atoms with Gasteiger partial charge in [0.1, 0.15) is 0 Å². The second kappa shape index (κ2) is 7.56. The number of nitrogens with one attached hydrogen (secondary N) is 1. The Labute approximate surface area is 158 Å². The molecule has 2 amide bonds. The van der Waals surface area contributed by atoms with Crippen LogP contribution in [-0.2, 0) is 22.3 Å². The Bertz CT molecular complexity index is 859. The van der Waals surface area contributed by atoms with Crippen LogP contribution in [0.15, 0.2) is 42.6 Å². The van der Waals surface area contributed by atoms with Gasteiger partial charge in [0.15, 0.2) is 0 Å². The van der Waals surface area contributed by atoms with Crippen molar-refractivity contribution in [3.05, 3.63) is 58.9 Å². The van der Waals surface area contributed by atoms with Crippen LogP contribution in [0, 0.1) is 5.92 Å². The summed E-state index contributed by atoms with van der Waals surface area (Å²) in [5.41, 5.74) is -0.741. The van der Waals surface area contributed by atoms with E-state index in [1.54, 1.807) is 24.4 Å². The highest BCUT2D eigenvalue weighted by molar-refractivity contribution is 6.30. The van der Waals surface area contributed by atoms with Gasteiger partial charge in [0, 0.05) is 24.2 Å². The van der Waals surface area contributed by atoms with Gasteiger partial charge in [-0.15, -0.1) is 0 Å². The van der Waals surface area contributed by atoms with Crippen molar-refractivity contribution in [2.45, 2.75) is 19.1 Å². The summed E-state index contributed by atoms with van der Waals surface area (Å²) in [7, 11) is 0. The molecule has 1 atom stereocenters. The molecule has 1 aliphatic rings. The Balaban J connectivity index is 1.70. The minimum Gasteiger partial charge on any atom is -0.336 e. The van der Waals surface area contributed by atoms with Crippen molar-refractivity contribution in [1.82, 2.24) is 9.88 Å². The molecule has 3 rings (SSSR count). The summed E-state index contributed by atoms with van der Waals surface area (Å²) < 4.78 is 39.4. The zero-order chi connectivity index (χ0) is 19.6. The molecule has 0 spiro atoms. The summed E-state index contributed by atoms with van der Waals surface area (Å²) in [5.74, 6) is -1.62. The van der Waals surface area contributed by atoms with E-state index in [0.29, 0.717) is 5.69 Å². The quantitative estimate of drug-likeness (QED) is 0.854. The predicted molar refractivity (Wildman–Crippen MR) is 92.8 cm³/mol. The van der Waals surface area contributed by atoms with Gasteiger partial charge >= 0.3 is 6.18 Å². The van der Waals surface area contributed by atoms with Gasteiger partial charge < -0.3 is 10.2 Å². The molecule has 1 N–H and O–H groups in total. The first-order valence-corrected chi connectivity index (χ1v) is 8.47. The molecular formula is C18H15ClF3N3O2. The second-order valence-corrected chi connectivity index (χ2v) is 6.61. The lowest BCUT2D eigenvalue weighted by atomic mass is 10.1. The number of aromatic nitrogens is 1. The number of amides is 2. The molecule has 1 aliphatic heterocycles. The highest BCUT2D eigenvalue weighted by Crippen LogP contribution is 2.37. The number of carbonyl (C=O) groups excluding carboxylic acids is 2. The van der Waals surface area contributed by atoms with Crippen LogP contribution in [0.1, 0.15) is 17.7 Å². The first-order valence-electron chi connectivity index (χ1n) is 8.09. The number of halogens is 4. The van der Waals surface area contributed by atoms with E-state index in [-0.39, 0.29) is 36.1 Å². The average Bonchev–Trinajstić information content (AvgIpc) is 2.97. The normalized spacial score (nSPS) is 17.3. The summed E-state index contributed by atoms with van der Waals surface area (Å²) >= 11 is 5.63. The third-order valence-electron chi connectivity index (χ3n) is 4.21. The Morgan fingerprint density at radius 3 is 2.74 bits per heavy atom. The Kier molecular flexibility index (Phi) is 5.36. The number of carbonyl (C=O) groups is 2. The van der Waals surface area contributed by atoms with Crippen LogP contribution in [0.2, 0.25) is 5.02 Å². The summed E-state index contributed by atoms with van der Waals surface area (Å²) in [5, 5.41) is 2.19. The van der Waals surface area contributed by atoms with E-state index in [1.165, 1.54) is 11.0 Å². The molecule has 2 aromatic rings. The van der Waals surface area contributed by atoms with Gasteiger partial charge in [-0.3, -0.25) is 14.6 Å². The third-order valence-corrected chi connectivity index (χ3v) is 4.44. The van der Waals surface area contributed by atoms with Crippen molar-refractivity contribution in [3.8, 4) is 0 Å². The van der Waals surface area contributed by atoms with E-state index in [0.717, 1.165) is 12.1 Å². The molecule has 27 heavy (non-hydrogen) atoms. The maximum Gasteiger partial charge on any atom is 0.418 e. The standard InChI is InChI=1S/C18H15ClF3N3O2/c19-12-4-5-15(14(8-12)18(20,21)22)24-17(27)11-7-16(26)25(9-11)10-13-3-1-2-6-23-13/h1-6,8,11H,7,9-10H2,(H,24,27). The van der Waals surface area contributed by atoms with Gasteiger partial charge in [0.25, 0.3) is 0 Å². The van der Waals surface area contributed by atoms with Crippen LogP contribution < -0.4 is 5.32 Å². The fraction of sp³-hybridized carbons (Fsp3) is 0.278. The number of nitrogens with zero attached hydrogens (tertiary/aromatic N) is 2. The molecule has 5 nitrogen and oxygen atoms in total. The topological polar surface area (TPSA) is 62.3 Å². The first-order chi connectivity index (χ1) is 12.7. The number of benzene rings is 1. The highest BCUT2D eigenvalue weighted by atomic mass is 35.5. The van der Waals surface area contributed by atoms with Gasteiger partial charge in [-0.25, -0.2) is 0 Å². The fourth-order valence-electron chi connectivity index (χ4n) is 2.88. The van der Waals surface area contributed by atoms with Crippen molar-refractivity contribution >= 4 is 29.1 Å². The van der Waals surface area contributed by atoms with Crippen molar-refractivity contribution in [1.29, 1.82) is 0 Å². The number of hydrogen-bond acceptors (Lipinski definition) is 3. The van der Waals surface area contributed by atoms with Crippen LogP contribution in [0.3, 0.4) is 0 Å². The molecule has 1 fully saturated rings. The smallest absolute Gasteiger partial charge is 0.336 e.